The van der Waals surface area contributed by atoms with Gasteiger partial charge in [0.1, 0.15) is 0 Å². The molecule has 0 aliphatic rings. The summed E-state index contributed by atoms with van der Waals surface area (Å²) in [5.41, 5.74) is 2.51. The average molecular weight is 181 g/mol. The van der Waals surface area contributed by atoms with Gasteiger partial charge >= 0.3 is 0 Å². The van der Waals surface area contributed by atoms with Crippen LogP contribution in [-0.4, -0.2) is 19.0 Å². The van der Waals surface area contributed by atoms with Crippen LogP contribution in [0, 0.1) is 5.92 Å². The second-order valence-electron chi connectivity index (χ2n) is 3.99. The van der Waals surface area contributed by atoms with E-state index < -0.39 is 0 Å². The van der Waals surface area contributed by atoms with E-state index in [0.717, 1.165) is 6.42 Å². The van der Waals surface area contributed by atoms with Gasteiger partial charge in [-0.05, 0) is 32.1 Å². The fourth-order valence-corrected chi connectivity index (χ4v) is 1.39. The maximum Gasteiger partial charge on any atom is 0.00860 e. The molecule has 0 saturated carbocycles. The Bertz CT molecular complexity index is 180. The van der Waals surface area contributed by atoms with E-state index >= 15 is 0 Å². The van der Waals surface area contributed by atoms with Gasteiger partial charge in [-0.25, -0.2) is 0 Å². The maximum absolute atomic E-state index is 4.10. The minimum Gasteiger partial charge on any atom is -0.381 e. The van der Waals surface area contributed by atoms with Crippen molar-refractivity contribution in [1.82, 2.24) is 4.90 Å². The molecule has 0 aromatic carbocycles. The van der Waals surface area contributed by atoms with Gasteiger partial charge in [-0.3, -0.25) is 0 Å². The zero-order valence-corrected chi connectivity index (χ0v) is 9.56. The molecule has 1 atom stereocenters. The van der Waals surface area contributed by atoms with Crippen molar-refractivity contribution in [2.24, 2.45) is 5.92 Å². The van der Waals surface area contributed by atoms with Crippen molar-refractivity contribution in [3.8, 4) is 0 Å². The second kappa shape index (κ2) is 5.85. The van der Waals surface area contributed by atoms with Crippen LogP contribution < -0.4 is 0 Å². The summed E-state index contributed by atoms with van der Waals surface area (Å²) >= 11 is 0. The molecule has 0 fully saturated rings. The summed E-state index contributed by atoms with van der Waals surface area (Å²) in [5.74, 6) is 0.617. The Labute approximate surface area is 83.1 Å². The largest absolute Gasteiger partial charge is 0.381 e. The first kappa shape index (κ1) is 12.3. The summed E-state index contributed by atoms with van der Waals surface area (Å²) in [4.78, 5) is 2.12. The van der Waals surface area contributed by atoms with Crippen molar-refractivity contribution in [2.75, 3.05) is 14.1 Å². The van der Waals surface area contributed by atoms with Gasteiger partial charge in [0.15, 0.2) is 0 Å². The Kier molecular flexibility index (Phi) is 5.52. The van der Waals surface area contributed by atoms with Crippen LogP contribution in [0.1, 0.15) is 33.1 Å². The molecular formula is C12H23N. The number of allylic oxidation sites excluding steroid dienone is 2. The molecule has 0 bridgehead atoms. The highest BCUT2D eigenvalue weighted by Gasteiger charge is 2.11. The molecule has 0 radical (unpaired) electrons. The van der Waals surface area contributed by atoms with Gasteiger partial charge in [-0.1, -0.05) is 19.1 Å². The van der Waals surface area contributed by atoms with Crippen LogP contribution >= 0.6 is 0 Å². The van der Waals surface area contributed by atoms with E-state index in [0.29, 0.717) is 5.92 Å². The molecule has 0 N–H and O–H groups in total. The topological polar surface area (TPSA) is 3.24 Å². The molecular weight excluding hydrogens is 158 g/mol. The minimum absolute atomic E-state index is 0.617. The molecule has 76 valence electrons. The van der Waals surface area contributed by atoms with Crippen LogP contribution in [0.15, 0.2) is 24.4 Å². The molecule has 0 saturated heterocycles. The van der Waals surface area contributed by atoms with Crippen molar-refractivity contribution in [3.05, 3.63) is 24.4 Å². The molecule has 0 aliphatic heterocycles. The highest BCUT2D eigenvalue weighted by atomic mass is 15.1. The van der Waals surface area contributed by atoms with Crippen molar-refractivity contribution >= 4 is 0 Å². The van der Waals surface area contributed by atoms with E-state index in [1.165, 1.54) is 24.1 Å². The average Bonchev–Trinajstić information content (AvgIpc) is 2.04. The van der Waals surface area contributed by atoms with Gasteiger partial charge in [0.25, 0.3) is 0 Å². The molecule has 0 aromatic heterocycles. The lowest BCUT2D eigenvalue weighted by molar-refractivity contribution is 0.393. The Morgan fingerprint density at radius 2 is 1.85 bits per heavy atom. The Balaban J connectivity index is 4.02. The second-order valence-corrected chi connectivity index (χ2v) is 3.99. The molecule has 0 aliphatic carbocycles. The molecule has 0 amide bonds. The lowest BCUT2D eigenvalue weighted by Gasteiger charge is -2.24. The fourth-order valence-electron chi connectivity index (χ4n) is 1.39. The summed E-state index contributed by atoms with van der Waals surface area (Å²) in [6, 6.07) is 0. The Hall–Kier alpha value is -0.720. The van der Waals surface area contributed by atoms with E-state index in [2.05, 4.69) is 46.0 Å². The van der Waals surface area contributed by atoms with Crippen molar-refractivity contribution < 1.29 is 0 Å². The summed E-state index contributed by atoms with van der Waals surface area (Å²) < 4.78 is 0. The molecule has 0 rings (SSSR count). The lowest BCUT2D eigenvalue weighted by atomic mass is 9.95. The van der Waals surface area contributed by atoms with E-state index in [4.69, 9.17) is 0 Å². The van der Waals surface area contributed by atoms with E-state index in [9.17, 15) is 0 Å². The first-order valence-electron chi connectivity index (χ1n) is 4.99. The normalized spacial score (nSPS) is 12.3. The fraction of sp³-hybridized carbons (Fsp3) is 0.667. The SMILES string of the molecule is C=C(C)CCC(CC)C(=C)N(C)C. The molecule has 1 unspecified atom stereocenters. The predicted octanol–water partition coefficient (Wildman–Crippen LogP) is 3.44. The smallest absolute Gasteiger partial charge is 0.00860 e. The van der Waals surface area contributed by atoms with Gasteiger partial charge in [0.2, 0.25) is 0 Å². The molecule has 0 aromatic rings. The van der Waals surface area contributed by atoms with Gasteiger partial charge < -0.3 is 4.90 Å². The van der Waals surface area contributed by atoms with Crippen LogP contribution in [0.5, 0.6) is 0 Å². The van der Waals surface area contributed by atoms with Crippen LogP contribution in [-0.2, 0) is 0 Å². The van der Waals surface area contributed by atoms with Crippen molar-refractivity contribution in [3.63, 3.8) is 0 Å². The Morgan fingerprint density at radius 1 is 1.31 bits per heavy atom. The zero-order chi connectivity index (χ0) is 10.4. The monoisotopic (exact) mass is 181 g/mol. The van der Waals surface area contributed by atoms with Crippen LogP contribution in [0.2, 0.25) is 0 Å². The summed E-state index contributed by atoms with van der Waals surface area (Å²) in [5, 5.41) is 0. The molecule has 1 nitrogen and oxygen atoms in total. The van der Waals surface area contributed by atoms with E-state index in [1.54, 1.807) is 0 Å². The highest BCUT2D eigenvalue weighted by molar-refractivity contribution is 4.99. The summed E-state index contributed by atoms with van der Waals surface area (Å²) in [7, 11) is 4.12. The van der Waals surface area contributed by atoms with Crippen LogP contribution in [0.25, 0.3) is 0 Å². The van der Waals surface area contributed by atoms with E-state index in [1.807, 2.05) is 0 Å². The zero-order valence-electron chi connectivity index (χ0n) is 9.56. The molecule has 1 heteroatoms. The standard InChI is InChI=1S/C12H23N/c1-7-12(9-8-10(2)3)11(4)13(5)6/h12H,2,4,7-9H2,1,3,5-6H3. The number of nitrogens with zero attached hydrogens (tertiary/aromatic N) is 1. The molecule has 0 heterocycles. The van der Waals surface area contributed by atoms with Gasteiger partial charge in [-0.2, -0.15) is 0 Å². The maximum atomic E-state index is 4.10. The summed E-state index contributed by atoms with van der Waals surface area (Å²) in [6.07, 6.45) is 3.47. The van der Waals surface area contributed by atoms with Crippen molar-refractivity contribution in [2.45, 2.75) is 33.1 Å². The van der Waals surface area contributed by atoms with Crippen molar-refractivity contribution in [1.29, 1.82) is 0 Å². The number of hydrogen-bond donors (Lipinski definition) is 0. The van der Waals surface area contributed by atoms with Gasteiger partial charge in [-0.15, -0.1) is 6.58 Å². The summed E-state index contributed by atoms with van der Waals surface area (Å²) in [6.45, 7) is 12.3. The van der Waals surface area contributed by atoms with Gasteiger partial charge in [0.05, 0.1) is 0 Å². The lowest BCUT2D eigenvalue weighted by Crippen LogP contribution is -2.18. The number of hydrogen-bond acceptors (Lipinski definition) is 1. The van der Waals surface area contributed by atoms with Crippen LogP contribution in [0.4, 0.5) is 0 Å². The third kappa shape index (κ3) is 4.76. The first-order chi connectivity index (χ1) is 5.99. The highest BCUT2D eigenvalue weighted by Crippen LogP contribution is 2.22. The molecule has 0 spiro atoms. The third-order valence-electron chi connectivity index (χ3n) is 2.46. The first-order valence-corrected chi connectivity index (χ1v) is 4.99. The number of rotatable bonds is 6. The third-order valence-corrected chi connectivity index (χ3v) is 2.46. The quantitative estimate of drug-likeness (QED) is 0.567. The predicted molar refractivity (Wildman–Crippen MR) is 60.7 cm³/mol. The molecule has 13 heavy (non-hydrogen) atoms. The van der Waals surface area contributed by atoms with E-state index in [-0.39, 0.29) is 0 Å². The van der Waals surface area contributed by atoms with Gasteiger partial charge in [0, 0.05) is 19.8 Å². The Morgan fingerprint density at radius 3 is 2.15 bits per heavy atom. The van der Waals surface area contributed by atoms with Crippen LogP contribution in [0.3, 0.4) is 0 Å². The minimum atomic E-state index is 0.617.